The van der Waals surface area contributed by atoms with E-state index in [0.717, 1.165) is 30.0 Å². The number of nitrogens with zero attached hydrogens (tertiary/aromatic N) is 1. The van der Waals surface area contributed by atoms with Crippen LogP contribution in [0.5, 0.6) is 0 Å². The van der Waals surface area contributed by atoms with Crippen molar-refractivity contribution in [2.24, 2.45) is 0 Å². The normalized spacial score (nSPS) is 10.5. The number of aryl methyl sites for hydroxylation is 2. The van der Waals surface area contributed by atoms with Crippen molar-refractivity contribution in [1.29, 1.82) is 0 Å². The van der Waals surface area contributed by atoms with Crippen LogP contribution in [0.25, 0.3) is 0 Å². The molecule has 0 atom stereocenters. The van der Waals surface area contributed by atoms with E-state index >= 15 is 0 Å². The third kappa shape index (κ3) is 3.70. The van der Waals surface area contributed by atoms with Crippen LogP contribution >= 0.6 is 11.3 Å². The van der Waals surface area contributed by atoms with E-state index in [1.54, 1.807) is 11.3 Å². The monoisotopic (exact) mass is 263 g/mol. The first kappa shape index (κ1) is 12.8. The Morgan fingerprint density at radius 2 is 2.44 bits per heavy atom. The number of carbonyl (C=O) groups excluding carboxylic acids is 1. The predicted octanol–water partition coefficient (Wildman–Crippen LogP) is 2.07. The number of thiophene rings is 1. The smallest absolute Gasteiger partial charge is 0.225 e. The van der Waals surface area contributed by atoms with Gasteiger partial charge in [0.2, 0.25) is 5.91 Å². The van der Waals surface area contributed by atoms with Gasteiger partial charge in [-0.3, -0.25) is 9.89 Å². The van der Waals surface area contributed by atoms with Crippen LogP contribution in [-0.4, -0.2) is 22.6 Å². The molecule has 2 N–H and O–H groups in total. The molecule has 0 bridgehead atoms. The summed E-state index contributed by atoms with van der Waals surface area (Å²) in [5, 5.41) is 11.8. The van der Waals surface area contributed by atoms with Gasteiger partial charge in [0.25, 0.3) is 0 Å². The van der Waals surface area contributed by atoms with E-state index in [-0.39, 0.29) is 5.91 Å². The van der Waals surface area contributed by atoms with E-state index in [2.05, 4.69) is 15.5 Å². The molecule has 0 radical (unpaired) electrons. The van der Waals surface area contributed by atoms with E-state index < -0.39 is 0 Å². The fourth-order valence-electron chi connectivity index (χ4n) is 1.77. The molecular weight excluding hydrogens is 246 g/mol. The summed E-state index contributed by atoms with van der Waals surface area (Å²) in [6.45, 7) is 2.73. The maximum atomic E-state index is 11.6. The fourth-order valence-corrected chi connectivity index (χ4v) is 2.47. The maximum Gasteiger partial charge on any atom is 0.225 e. The van der Waals surface area contributed by atoms with Gasteiger partial charge in [0.15, 0.2) is 0 Å². The summed E-state index contributed by atoms with van der Waals surface area (Å²) >= 11 is 1.62. The van der Waals surface area contributed by atoms with Gasteiger partial charge in [-0.1, -0.05) is 6.07 Å². The molecule has 0 fully saturated rings. The fraction of sp³-hybridized carbons (Fsp3) is 0.385. The molecule has 5 heteroatoms. The first-order chi connectivity index (χ1) is 8.75. The maximum absolute atomic E-state index is 11.6. The van der Waals surface area contributed by atoms with Crippen molar-refractivity contribution in [2.45, 2.75) is 26.2 Å². The Morgan fingerprint density at radius 3 is 3.11 bits per heavy atom. The highest BCUT2D eigenvalue weighted by Gasteiger charge is 2.04. The lowest BCUT2D eigenvalue weighted by molar-refractivity contribution is -0.120. The average molecular weight is 263 g/mol. The largest absolute Gasteiger partial charge is 0.356 e. The SMILES string of the molecule is Cc1[nH]ncc1CCCNC(=O)Cc1cccs1. The molecule has 0 aliphatic heterocycles. The summed E-state index contributed by atoms with van der Waals surface area (Å²) in [6.07, 6.45) is 4.23. The first-order valence-electron chi connectivity index (χ1n) is 6.03. The van der Waals surface area contributed by atoms with Crippen molar-refractivity contribution in [3.63, 3.8) is 0 Å². The lowest BCUT2D eigenvalue weighted by atomic mass is 10.1. The number of nitrogens with one attached hydrogen (secondary N) is 2. The summed E-state index contributed by atoms with van der Waals surface area (Å²) in [4.78, 5) is 12.7. The Morgan fingerprint density at radius 1 is 1.56 bits per heavy atom. The lowest BCUT2D eigenvalue weighted by Crippen LogP contribution is -2.26. The molecule has 2 heterocycles. The van der Waals surface area contributed by atoms with E-state index in [4.69, 9.17) is 0 Å². The second kappa shape index (κ2) is 6.35. The van der Waals surface area contributed by atoms with Gasteiger partial charge in [-0.15, -0.1) is 11.3 Å². The van der Waals surface area contributed by atoms with E-state index in [9.17, 15) is 4.79 Å². The molecule has 0 aromatic carbocycles. The number of hydrogen-bond acceptors (Lipinski definition) is 3. The molecule has 0 aliphatic rings. The van der Waals surface area contributed by atoms with Crippen LogP contribution in [0.1, 0.15) is 22.6 Å². The highest BCUT2D eigenvalue weighted by Crippen LogP contribution is 2.09. The summed E-state index contributed by atoms with van der Waals surface area (Å²) in [6, 6.07) is 3.95. The van der Waals surface area contributed by atoms with Crippen molar-refractivity contribution in [1.82, 2.24) is 15.5 Å². The van der Waals surface area contributed by atoms with E-state index in [1.165, 1.54) is 5.56 Å². The zero-order valence-electron chi connectivity index (χ0n) is 10.4. The second-order valence-electron chi connectivity index (χ2n) is 4.23. The van der Waals surface area contributed by atoms with Gasteiger partial charge in [-0.05, 0) is 36.8 Å². The predicted molar refractivity (Wildman–Crippen MR) is 72.7 cm³/mol. The highest BCUT2D eigenvalue weighted by molar-refractivity contribution is 7.10. The average Bonchev–Trinajstić information content (AvgIpc) is 2.97. The molecule has 0 spiro atoms. The summed E-state index contributed by atoms with van der Waals surface area (Å²) in [5.41, 5.74) is 2.34. The number of rotatable bonds is 6. The van der Waals surface area contributed by atoms with E-state index in [1.807, 2.05) is 30.6 Å². The molecule has 0 aliphatic carbocycles. The zero-order chi connectivity index (χ0) is 12.8. The van der Waals surface area contributed by atoms with Gasteiger partial charge in [-0.25, -0.2) is 0 Å². The quantitative estimate of drug-likeness (QED) is 0.784. The molecule has 0 saturated heterocycles. The molecule has 0 saturated carbocycles. The minimum Gasteiger partial charge on any atom is -0.356 e. The summed E-state index contributed by atoms with van der Waals surface area (Å²) < 4.78 is 0. The number of hydrogen-bond donors (Lipinski definition) is 2. The Balaban J connectivity index is 1.63. The van der Waals surface area contributed by atoms with Gasteiger partial charge in [0.1, 0.15) is 0 Å². The molecule has 0 unspecified atom stereocenters. The molecule has 1 amide bonds. The number of aromatic nitrogens is 2. The van der Waals surface area contributed by atoms with Crippen LogP contribution in [0.4, 0.5) is 0 Å². The van der Waals surface area contributed by atoms with Crippen LogP contribution in [0.2, 0.25) is 0 Å². The topological polar surface area (TPSA) is 57.8 Å². The molecule has 18 heavy (non-hydrogen) atoms. The molecule has 2 aromatic heterocycles. The van der Waals surface area contributed by atoms with Gasteiger partial charge < -0.3 is 5.32 Å². The van der Waals surface area contributed by atoms with Gasteiger partial charge in [0, 0.05) is 17.1 Å². The number of aromatic amines is 1. The van der Waals surface area contributed by atoms with Crippen LogP contribution < -0.4 is 5.32 Å². The Bertz CT molecular complexity index is 490. The minimum atomic E-state index is 0.0985. The third-order valence-corrected chi connectivity index (χ3v) is 3.67. The van der Waals surface area contributed by atoms with Gasteiger partial charge in [0.05, 0.1) is 12.6 Å². The zero-order valence-corrected chi connectivity index (χ0v) is 11.2. The first-order valence-corrected chi connectivity index (χ1v) is 6.91. The molecule has 4 nitrogen and oxygen atoms in total. The van der Waals surface area contributed by atoms with Crippen molar-refractivity contribution >= 4 is 17.2 Å². The van der Waals surface area contributed by atoms with Gasteiger partial charge in [-0.2, -0.15) is 5.10 Å². The molecule has 2 rings (SSSR count). The Kier molecular flexibility index (Phi) is 4.52. The summed E-state index contributed by atoms with van der Waals surface area (Å²) in [7, 11) is 0. The van der Waals surface area contributed by atoms with Crippen LogP contribution in [0.3, 0.4) is 0 Å². The third-order valence-electron chi connectivity index (χ3n) is 2.79. The minimum absolute atomic E-state index is 0.0985. The lowest BCUT2D eigenvalue weighted by Gasteiger charge is -2.04. The van der Waals surface area contributed by atoms with Crippen molar-refractivity contribution < 1.29 is 4.79 Å². The molecule has 96 valence electrons. The van der Waals surface area contributed by atoms with Crippen molar-refractivity contribution in [3.8, 4) is 0 Å². The van der Waals surface area contributed by atoms with Gasteiger partial charge >= 0.3 is 0 Å². The number of amides is 1. The standard InChI is InChI=1S/C13H17N3OS/c1-10-11(9-15-16-10)4-2-6-14-13(17)8-12-5-3-7-18-12/h3,5,7,9H,2,4,6,8H2,1H3,(H,14,17)(H,15,16). The number of carbonyl (C=O) groups is 1. The van der Waals surface area contributed by atoms with Crippen LogP contribution in [0, 0.1) is 6.92 Å². The van der Waals surface area contributed by atoms with Crippen LogP contribution in [0.15, 0.2) is 23.7 Å². The van der Waals surface area contributed by atoms with Crippen molar-refractivity contribution in [3.05, 3.63) is 39.8 Å². The Labute approximate surface area is 110 Å². The second-order valence-corrected chi connectivity index (χ2v) is 5.26. The highest BCUT2D eigenvalue weighted by atomic mass is 32.1. The molecule has 2 aromatic rings. The molecular formula is C13H17N3OS. The van der Waals surface area contributed by atoms with Crippen LogP contribution in [-0.2, 0) is 17.6 Å². The van der Waals surface area contributed by atoms with Crippen molar-refractivity contribution in [2.75, 3.05) is 6.54 Å². The number of H-pyrrole nitrogens is 1. The Hall–Kier alpha value is -1.62. The van der Waals surface area contributed by atoms with E-state index in [0.29, 0.717) is 6.42 Å². The summed E-state index contributed by atoms with van der Waals surface area (Å²) in [5.74, 6) is 0.0985.